The van der Waals surface area contributed by atoms with Crippen LogP contribution in [-0.4, -0.2) is 37.7 Å². The summed E-state index contributed by atoms with van der Waals surface area (Å²) in [6, 6.07) is 9.58. The summed E-state index contributed by atoms with van der Waals surface area (Å²) in [6.07, 6.45) is 2.43. The predicted molar refractivity (Wildman–Crippen MR) is 79.7 cm³/mol. The van der Waals surface area contributed by atoms with Crippen LogP contribution < -0.4 is 10.1 Å². The van der Waals surface area contributed by atoms with Gasteiger partial charge in [0.05, 0.1) is 7.11 Å². The van der Waals surface area contributed by atoms with Crippen molar-refractivity contribution in [3.63, 3.8) is 0 Å². The van der Waals surface area contributed by atoms with E-state index >= 15 is 0 Å². The lowest BCUT2D eigenvalue weighted by Gasteiger charge is -2.30. The van der Waals surface area contributed by atoms with E-state index < -0.39 is 0 Å². The first-order valence-corrected chi connectivity index (χ1v) is 7.36. The molecule has 1 aromatic carbocycles. The Morgan fingerprint density at radius 2 is 2.11 bits per heavy atom. The zero-order valence-corrected chi connectivity index (χ0v) is 12.4. The Kier molecular flexibility index (Phi) is 5.23. The maximum absolute atomic E-state index is 5.23. The Labute approximate surface area is 116 Å². The lowest BCUT2D eigenvalue weighted by molar-refractivity contribution is 0.205. The van der Waals surface area contributed by atoms with Gasteiger partial charge in [-0.1, -0.05) is 19.1 Å². The molecule has 1 aliphatic heterocycles. The molecule has 1 saturated heterocycles. The first kappa shape index (κ1) is 14.4. The van der Waals surface area contributed by atoms with Gasteiger partial charge < -0.3 is 10.1 Å². The van der Waals surface area contributed by atoms with E-state index in [0.717, 1.165) is 18.8 Å². The number of methoxy groups -OCH3 is 1. The van der Waals surface area contributed by atoms with Gasteiger partial charge in [0.2, 0.25) is 0 Å². The van der Waals surface area contributed by atoms with Crippen molar-refractivity contribution in [3.8, 4) is 5.75 Å². The zero-order valence-electron chi connectivity index (χ0n) is 12.4. The van der Waals surface area contributed by atoms with Crippen molar-refractivity contribution in [1.29, 1.82) is 0 Å². The van der Waals surface area contributed by atoms with Crippen LogP contribution in [0.2, 0.25) is 0 Å². The Morgan fingerprint density at radius 3 is 2.74 bits per heavy atom. The highest BCUT2D eigenvalue weighted by molar-refractivity contribution is 5.28. The fraction of sp³-hybridized carbons (Fsp3) is 0.625. The van der Waals surface area contributed by atoms with Crippen LogP contribution >= 0.6 is 0 Å². The van der Waals surface area contributed by atoms with Crippen LogP contribution in [-0.2, 0) is 0 Å². The van der Waals surface area contributed by atoms with Gasteiger partial charge in [0.25, 0.3) is 0 Å². The van der Waals surface area contributed by atoms with Gasteiger partial charge in [0.15, 0.2) is 0 Å². The largest absolute Gasteiger partial charge is 0.497 e. The van der Waals surface area contributed by atoms with Crippen molar-refractivity contribution in [2.75, 3.05) is 26.7 Å². The number of hydrogen-bond donors (Lipinski definition) is 1. The minimum atomic E-state index is 0.472. The number of nitrogens with zero attached hydrogens (tertiary/aromatic N) is 1. The van der Waals surface area contributed by atoms with Gasteiger partial charge in [0.1, 0.15) is 5.75 Å². The third kappa shape index (κ3) is 3.71. The molecule has 3 heteroatoms. The van der Waals surface area contributed by atoms with Gasteiger partial charge in [-0.2, -0.15) is 0 Å². The number of benzene rings is 1. The van der Waals surface area contributed by atoms with Crippen LogP contribution in [0.25, 0.3) is 0 Å². The van der Waals surface area contributed by atoms with Crippen molar-refractivity contribution in [2.45, 2.75) is 38.8 Å². The zero-order chi connectivity index (χ0) is 13.7. The lowest BCUT2D eigenvalue weighted by atomic mass is 10.1. The smallest absolute Gasteiger partial charge is 0.118 e. The van der Waals surface area contributed by atoms with Crippen molar-refractivity contribution >= 4 is 0 Å². The Bertz CT molecular complexity index is 377. The fourth-order valence-corrected chi connectivity index (χ4v) is 2.75. The van der Waals surface area contributed by atoms with Crippen molar-refractivity contribution in [1.82, 2.24) is 10.2 Å². The third-order valence-corrected chi connectivity index (χ3v) is 4.15. The second kappa shape index (κ2) is 6.92. The monoisotopic (exact) mass is 262 g/mol. The molecular formula is C16H26N2O. The van der Waals surface area contributed by atoms with Gasteiger partial charge in [0, 0.05) is 25.2 Å². The molecule has 0 amide bonds. The van der Waals surface area contributed by atoms with Gasteiger partial charge in [-0.15, -0.1) is 0 Å². The molecule has 0 spiro atoms. The molecular weight excluding hydrogens is 236 g/mol. The van der Waals surface area contributed by atoms with E-state index in [-0.39, 0.29) is 0 Å². The molecule has 106 valence electrons. The van der Waals surface area contributed by atoms with Gasteiger partial charge in [-0.3, -0.25) is 4.90 Å². The van der Waals surface area contributed by atoms with Crippen molar-refractivity contribution in [3.05, 3.63) is 29.8 Å². The number of rotatable bonds is 4. The Morgan fingerprint density at radius 1 is 1.37 bits per heavy atom. The molecule has 0 aliphatic carbocycles. The van der Waals surface area contributed by atoms with Crippen molar-refractivity contribution < 1.29 is 4.74 Å². The second-order valence-corrected chi connectivity index (χ2v) is 5.36. The molecule has 1 heterocycles. The van der Waals surface area contributed by atoms with Crippen LogP contribution in [0.4, 0.5) is 0 Å². The first-order chi connectivity index (χ1) is 9.24. The molecule has 3 nitrogen and oxygen atoms in total. The molecule has 0 radical (unpaired) electrons. The molecule has 0 saturated carbocycles. The highest BCUT2D eigenvalue weighted by atomic mass is 16.5. The summed E-state index contributed by atoms with van der Waals surface area (Å²) in [5.74, 6) is 0.930. The molecule has 2 rings (SSSR count). The van der Waals surface area contributed by atoms with Crippen LogP contribution in [0.3, 0.4) is 0 Å². The minimum absolute atomic E-state index is 0.472. The summed E-state index contributed by atoms with van der Waals surface area (Å²) in [5.41, 5.74) is 1.37. The molecule has 2 atom stereocenters. The molecule has 1 aromatic rings. The molecule has 19 heavy (non-hydrogen) atoms. The highest BCUT2D eigenvalue weighted by Gasteiger charge is 2.21. The number of hydrogen-bond acceptors (Lipinski definition) is 3. The highest BCUT2D eigenvalue weighted by Crippen LogP contribution is 2.24. The average molecular weight is 262 g/mol. The average Bonchev–Trinajstić information content (AvgIpc) is 2.72. The van der Waals surface area contributed by atoms with Crippen molar-refractivity contribution in [2.24, 2.45) is 0 Å². The molecule has 0 bridgehead atoms. The van der Waals surface area contributed by atoms with E-state index in [1.54, 1.807) is 7.11 Å². The normalized spacial score (nSPS) is 22.8. The van der Waals surface area contributed by atoms with Gasteiger partial charge >= 0.3 is 0 Å². The van der Waals surface area contributed by atoms with E-state index in [2.05, 4.69) is 48.3 Å². The van der Waals surface area contributed by atoms with Gasteiger partial charge in [-0.25, -0.2) is 0 Å². The molecule has 2 unspecified atom stereocenters. The maximum atomic E-state index is 5.23. The quantitative estimate of drug-likeness (QED) is 0.903. The standard InChI is InChI=1S/C16H26N2O/c1-4-15-12-18(11-5-10-17-15)13(2)14-6-8-16(19-3)9-7-14/h6-9,13,15,17H,4-5,10-12H2,1-3H3. The molecule has 1 N–H and O–H groups in total. The number of ether oxygens (including phenoxy) is 1. The summed E-state index contributed by atoms with van der Waals surface area (Å²) in [7, 11) is 1.71. The third-order valence-electron chi connectivity index (χ3n) is 4.15. The van der Waals surface area contributed by atoms with E-state index in [0.29, 0.717) is 12.1 Å². The summed E-state index contributed by atoms with van der Waals surface area (Å²) in [6.45, 7) is 8.03. The SMILES string of the molecule is CCC1CN(C(C)c2ccc(OC)cc2)CCCN1. The van der Waals surface area contributed by atoms with E-state index in [4.69, 9.17) is 4.74 Å². The topological polar surface area (TPSA) is 24.5 Å². The van der Waals surface area contributed by atoms with Crippen LogP contribution in [0.15, 0.2) is 24.3 Å². The molecule has 1 fully saturated rings. The fourth-order valence-electron chi connectivity index (χ4n) is 2.75. The molecule has 0 aromatic heterocycles. The van der Waals surface area contributed by atoms with E-state index in [1.807, 2.05) is 0 Å². The number of nitrogens with one attached hydrogen (secondary N) is 1. The second-order valence-electron chi connectivity index (χ2n) is 5.36. The van der Waals surface area contributed by atoms with E-state index in [1.165, 1.54) is 24.9 Å². The summed E-state index contributed by atoms with van der Waals surface area (Å²) in [5, 5.41) is 3.62. The Balaban J connectivity index is 2.05. The minimum Gasteiger partial charge on any atom is -0.497 e. The molecule has 1 aliphatic rings. The van der Waals surface area contributed by atoms with Crippen LogP contribution in [0.5, 0.6) is 5.75 Å². The van der Waals surface area contributed by atoms with E-state index in [9.17, 15) is 0 Å². The van der Waals surface area contributed by atoms with Crippen LogP contribution in [0.1, 0.15) is 38.3 Å². The van der Waals surface area contributed by atoms with Gasteiger partial charge in [-0.05, 0) is 44.0 Å². The summed E-state index contributed by atoms with van der Waals surface area (Å²) in [4.78, 5) is 2.59. The van der Waals surface area contributed by atoms with Crippen LogP contribution in [0, 0.1) is 0 Å². The summed E-state index contributed by atoms with van der Waals surface area (Å²) < 4.78 is 5.23. The lowest BCUT2D eigenvalue weighted by Crippen LogP contribution is -2.38. The first-order valence-electron chi connectivity index (χ1n) is 7.36. The summed E-state index contributed by atoms with van der Waals surface area (Å²) >= 11 is 0. The maximum Gasteiger partial charge on any atom is 0.118 e. The predicted octanol–water partition coefficient (Wildman–Crippen LogP) is 2.83. The Hall–Kier alpha value is -1.06.